The summed E-state index contributed by atoms with van der Waals surface area (Å²) in [7, 11) is 1.57. The Morgan fingerprint density at radius 1 is 1.27 bits per heavy atom. The maximum absolute atomic E-state index is 14.7. The standard InChI is InChI=1S/C20H16FN3OS/c1-3-4-11-5-6-17-12(7-11)13-8-14(15(21)9-18(13)26-17)16-10-19(25)24(2)20(22)23-16/h5-9,16H,10H2,1-2H3,(H2,22,23). The second-order valence-electron chi connectivity index (χ2n) is 6.22. The monoisotopic (exact) mass is 365 g/mol. The van der Waals surface area contributed by atoms with E-state index in [1.807, 2.05) is 18.2 Å². The van der Waals surface area contributed by atoms with Gasteiger partial charge in [0.15, 0.2) is 5.96 Å². The fraction of sp³-hybridized carbons (Fsp3) is 0.200. The summed E-state index contributed by atoms with van der Waals surface area (Å²) in [6.07, 6.45) is 0.105. The molecule has 2 N–H and O–H groups in total. The lowest BCUT2D eigenvalue weighted by Gasteiger charge is -2.25. The fourth-order valence-corrected chi connectivity index (χ4v) is 4.29. The van der Waals surface area contributed by atoms with Crippen molar-refractivity contribution >= 4 is 43.4 Å². The molecular weight excluding hydrogens is 349 g/mol. The van der Waals surface area contributed by atoms with Crippen molar-refractivity contribution in [2.75, 3.05) is 7.05 Å². The van der Waals surface area contributed by atoms with Gasteiger partial charge >= 0.3 is 0 Å². The Morgan fingerprint density at radius 2 is 2.04 bits per heavy atom. The molecule has 6 heteroatoms. The highest BCUT2D eigenvalue weighted by Crippen LogP contribution is 2.38. The number of amides is 1. The molecule has 26 heavy (non-hydrogen) atoms. The molecule has 1 amide bonds. The number of carbonyl (C=O) groups excluding carboxylic acids is 1. The summed E-state index contributed by atoms with van der Waals surface area (Å²) in [5.41, 5.74) is 7.12. The lowest BCUT2D eigenvalue weighted by Crippen LogP contribution is -2.42. The zero-order valence-electron chi connectivity index (χ0n) is 14.3. The minimum Gasteiger partial charge on any atom is -0.369 e. The number of benzene rings is 2. The first-order valence-electron chi connectivity index (χ1n) is 8.16. The van der Waals surface area contributed by atoms with Crippen LogP contribution in [0.15, 0.2) is 35.3 Å². The molecule has 0 saturated carbocycles. The SMILES string of the molecule is CC#Cc1ccc2sc3cc(F)c(C4CC(=O)N(C)C(N)=N4)cc3c2c1. The van der Waals surface area contributed by atoms with Crippen molar-refractivity contribution in [3.8, 4) is 11.8 Å². The highest BCUT2D eigenvalue weighted by atomic mass is 32.1. The molecule has 1 aliphatic rings. The van der Waals surface area contributed by atoms with E-state index in [1.165, 1.54) is 22.3 Å². The molecule has 0 saturated heterocycles. The Bertz CT molecular complexity index is 1150. The van der Waals surface area contributed by atoms with Crippen molar-refractivity contribution < 1.29 is 9.18 Å². The van der Waals surface area contributed by atoms with Gasteiger partial charge in [-0.25, -0.2) is 9.38 Å². The van der Waals surface area contributed by atoms with E-state index < -0.39 is 6.04 Å². The van der Waals surface area contributed by atoms with E-state index in [2.05, 4.69) is 16.8 Å². The van der Waals surface area contributed by atoms with Crippen LogP contribution in [0.3, 0.4) is 0 Å². The van der Waals surface area contributed by atoms with Gasteiger partial charge in [0.25, 0.3) is 0 Å². The van der Waals surface area contributed by atoms with Crippen molar-refractivity contribution in [1.29, 1.82) is 0 Å². The first kappa shape index (κ1) is 16.6. The van der Waals surface area contributed by atoms with Crippen LogP contribution >= 0.6 is 11.3 Å². The van der Waals surface area contributed by atoms with Crippen LogP contribution in [-0.4, -0.2) is 23.8 Å². The second-order valence-corrected chi connectivity index (χ2v) is 7.30. The van der Waals surface area contributed by atoms with Gasteiger partial charge in [0.1, 0.15) is 5.82 Å². The van der Waals surface area contributed by atoms with Crippen LogP contribution in [0.5, 0.6) is 0 Å². The number of hydrogen-bond acceptors (Lipinski definition) is 4. The molecule has 0 spiro atoms. The largest absolute Gasteiger partial charge is 0.369 e. The van der Waals surface area contributed by atoms with Crippen LogP contribution in [0, 0.1) is 17.7 Å². The maximum Gasteiger partial charge on any atom is 0.231 e. The molecular formula is C20H16FN3OS. The van der Waals surface area contributed by atoms with E-state index in [0.29, 0.717) is 5.56 Å². The Morgan fingerprint density at radius 3 is 2.77 bits per heavy atom. The Balaban J connectivity index is 1.92. The predicted octanol–water partition coefficient (Wildman–Crippen LogP) is 3.78. The summed E-state index contributed by atoms with van der Waals surface area (Å²) >= 11 is 1.54. The van der Waals surface area contributed by atoms with Gasteiger partial charge < -0.3 is 5.73 Å². The number of carbonyl (C=O) groups is 1. The molecule has 1 unspecified atom stereocenters. The van der Waals surface area contributed by atoms with E-state index >= 15 is 0 Å². The van der Waals surface area contributed by atoms with Crippen LogP contribution in [-0.2, 0) is 4.79 Å². The van der Waals surface area contributed by atoms with Crippen LogP contribution < -0.4 is 5.73 Å². The molecule has 2 heterocycles. The van der Waals surface area contributed by atoms with Crippen molar-refractivity contribution in [2.24, 2.45) is 10.7 Å². The number of nitrogens with zero attached hydrogens (tertiary/aromatic N) is 2. The topological polar surface area (TPSA) is 58.7 Å². The third-order valence-corrected chi connectivity index (χ3v) is 5.72. The molecule has 0 aliphatic carbocycles. The third kappa shape index (κ3) is 2.61. The molecule has 1 aliphatic heterocycles. The van der Waals surface area contributed by atoms with E-state index in [0.717, 1.165) is 25.7 Å². The number of halogens is 1. The first-order chi connectivity index (χ1) is 12.5. The Labute approximate surface area is 154 Å². The van der Waals surface area contributed by atoms with Gasteiger partial charge in [0.05, 0.1) is 12.5 Å². The van der Waals surface area contributed by atoms with Crippen LogP contribution in [0.4, 0.5) is 4.39 Å². The number of nitrogens with two attached hydrogens (primary N) is 1. The summed E-state index contributed by atoms with van der Waals surface area (Å²) in [5, 5.41) is 1.98. The van der Waals surface area contributed by atoms with Gasteiger partial charge in [-0.15, -0.1) is 17.3 Å². The molecule has 0 radical (unpaired) electrons. The van der Waals surface area contributed by atoms with Crippen molar-refractivity contribution in [3.63, 3.8) is 0 Å². The minimum atomic E-state index is -0.600. The number of rotatable bonds is 1. The summed E-state index contributed by atoms with van der Waals surface area (Å²) in [4.78, 5) is 17.7. The quantitative estimate of drug-likeness (QED) is 0.667. The Kier molecular flexibility index (Phi) is 3.89. The molecule has 0 bridgehead atoms. The van der Waals surface area contributed by atoms with Crippen molar-refractivity contribution in [2.45, 2.75) is 19.4 Å². The van der Waals surface area contributed by atoms with Gasteiger partial charge in [-0.05, 0) is 37.3 Å². The zero-order valence-corrected chi connectivity index (χ0v) is 15.2. The molecule has 4 rings (SSSR count). The lowest BCUT2D eigenvalue weighted by atomic mass is 9.99. The number of guanidine groups is 1. The van der Waals surface area contributed by atoms with Gasteiger partial charge in [0, 0.05) is 38.3 Å². The molecule has 2 aromatic carbocycles. The van der Waals surface area contributed by atoms with Gasteiger partial charge in [-0.1, -0.05) is 5.92 Å². The van der Waals surface area contributed by atoms with Crippen molar-refractivity contribution in [3.05, 3.63) is 47.3 Å². The first-order valence-corrected chi connectivity index (χ1v) is 8.98. The van der Waals surface area contributed by atoms with E-state index in [9.17, 15) is 9.18 Å². The Hall–Kier alpha value is -2.91. The summed E-state index contributed by atoms with van der Waals surface area (Å²) in [6.45, 7) is 1.79. The summed E-state index contributed by atoms with van der Waals surface area (Å²) < 4.78 is 16.7. The van der Waals surface area contributed by atoms with Gasteiger partial charge in [-0.2, -0.15) is 0 Å². The number of aliphatic imine (C=N–C) groups is 1. The predicted molar refractivity (Wildman–Crippen MR) is 104 cm³/mol. The minimum absolute atomic E-state index is 0.105. The second kappa shape index (κ2) is 6.11. The van der Waals surface area contributed by atoms with Gasteiger partial charge in [0.2, 0.25) is 5.91 Å². The average Bonchev–Trinajstić information content (AvgIpc) is 2.95. The molecule has 130 valence electrons. The summed E-state index contributed by atoms with van der Waals surface area (Å²) in [5.74, 6) is 5.53. The van der Waals surface area contributed by atoms with Crippen LogP contribution in [0.1, 0.15) is 30.5 Å². The molecule has 3 aromatic rings. The van der Waals surface area contributed by atoms with Gasteiger partial charge in [-0.3, -0.25) is 9.69 Å². The van der Waals surface area contributed by atoms with E-state index in [-0.39, 0.29) is 24.1 Å². The molecule has 1 atom stereocenters. The zero-order chi connectivity index (χ0) is 18.4. The molecule has 0 fully saturated rings. The maximum atomic E-state index is 14.7. The summed E-state index contributed by atoms with van der Waals surface area (Å²) in [6, 6.07) is 8.71. The van der Waals surface area contributed by atoms with E-state index in [4.69, 9.17) is 5.73 Å². The van der Waals surface area contributed by atoms with Crippen molar-refractivity contribution in [1.82, 2.24) is 4.90 Å². The van der Waals surface area contributed by atoms with Crippen LogP contribution in [0.2, 0.25) is 0 Å². The number of thiophene rings is 1. The smallest absolute Gasteiger partial charge is 0.231 e. The molecule has 4 nitrogen and oxygen atoms in total. The number of fused-ring (bicyclic) bond motifs is 3. The lowest BCUT2D eigenvalue weighted by molar-refractivity contribution is -0.127. The highest BCUT2D eigenvalue weighted by Gasteiger charge is 2.28. The fourth-order valence-electron chi connectivity index (χ4n) is 3.19. The van der Waals surface area contributed by atoms with E-state index in [1.54, 1.807) is 20.0 Å². The highest BCUT2D eigenvalue weighted by molar-refractivity contribution is 7.25. The molecule has 1 aromatic heterocycles. The normalized spacial score (nSPS) is 17.3. The average molecular weight is 365 g/mol. The number of hydrogen-bond donors (Lipinski definition) is 1. The third-order valence-electron chi connectivity index (χ3n) is 4.59. The van der Waals surface area contributed by atoms with Crippen LogP contribution in [0.25, 0.3) is 20.2 Å².